The first-order valence-corrected chi connectivity index (χ1v) is 43.3. The second kappa shape index (κ2) is 67.2. The third-order valence-corrected chi connectivity index (χ3v) is 20.7. The van der Waals surface area contributed by atoms with Crippen LogP contribution >= 0.6 is 15.6 Å². The molecule has 0 aliphatic rings. The van der Waals surface area contributed by atoms with E-state index in [-0.39, 0.29) is 25.7 Å². The van der Waals surface area contributed by atoms with Gasteiger partial charge in [0.1, 0.15) is 19.3 Å². The summed E-state index contributed by atoms with van der Waals surface area (Å²) >= 11 is 0. The molecule has 3 N–H and O–H groups in total. The van der Waals surface area contributed by atoms with Crippen LogP contribution in [0.5, 0.6) is 0 Å². The lowest BCUT2D eigenvalue weighted by Crippen LogP contribution is -2.30. The highest BCUT2D eigenvalue weighted by Crippen LogP contribution is 2.45. The highest BCUT2D eigenvalue weighted by molar-refractivity contribution is 7.47. The lowest BCUT2D eigenvalue weighted by atomic mass is 9.99. The van der Waals surface area contributed by atoms with Crippen molar-refractivity contribution in [3.63, 3.8) is 0 Å². The number of hydrogen-bond acceptors (Lipinski definition) is 15. The SMILES string of the molecule is CCC(C)CCCCCCCCCCCCCCCCCCCCC(=O)O[C@H](COC(=O)CCCCCCCCC(C)CC)COP(=O)(O)OC[C@H](O)COP(=O)(O)OC[C@@H](COC(=O)CCCCCCCCCCCCC(C)C)OC(=O)CCCCCCCCCCCC(C)C. The van der Waals surface area contributed by atoms with Crippen LogP contribution in [0, 0.1) is 23.7 Å². The van der Waals surface area contributed by atoms with Crippen LogP contribution in [0.3, 0.4) is 0 Å². The molecule has 0 aromatic carbocycles. The van der Waals surface area contributed by atoms with Crippen molar-refractivity contribution < 1.29 is 80.2 Å². The number of carbonyl (C=O) groups is 4. The van der Waals surface area contributed by atoms with E-state index in [1.165, 1.54) is 193 Å². The average Bonchev–Trinajstić information content (AvgIpc) is 1.15. The Morgan fingerprint density at radius 3 is 0.732 bits per heavy atom. The van der Waals surface area contributed by atoms with Crippen LogP contribution in [0.15, 0.2) is 0 Å². The van der Waals surface area contributed by atoms with E-state index in [2.05, 4.69) is 55.4 Å². The summed E-state index contributed by atoms with van der Waals surface area (Å²) < 4.78 is 68.5. The smallest absolute Gasteiger partial charge is 0.462 e. The molecule has 0 aliphatic carbocycles. The summed E-state index contributed by atoms with van der Waals surface area (Å²) in [5, 5.41) is 10.6. The second-order valence-electron chi connectivity index (χ2n) is 29.5. The highest BCUT2D eigenvalue weighted by atomic mass is 31.2. The fraction of sp³-hybridized carbons (Fsp3) is 0.949. The first-order valence-electron chi connectivity index (χ1n) is 40.3. The molecule has 17 nitrogen and oxygen atoms in total. The molecule has 4 unspecified atom stereocenters. The fourth-order valence-electron chi connectivity index (χ4n) is 11.8. The third-order valence-electron chi connectivity index (χ3n) is 18.8. The van der Waals surface area contributed by atoms with Crippen molar-refractivity contribution in [2.45, 2.75) is 414 Å². The molecular weight excluding hydrogens is 1270 g/mol. The number of phosphoric acid groups is 2. The van der Waals surface area contributed by atoms with Gasteiger partial charge in [0, 0.05) is 25.7 Å². The monoisotopic (exact) mass is 1420 g/mol. The van der Waals surface area contributed by atoms with Crippen molar-refractivity contribution in [1.82, 2.24) is 0 Å². The fourth-order valence-corrected chi connectivity index (χ4v) is 13.4. The zero-order valence-corrected chi connectivity index (χ0v) is 65.5. The van der Waals surface area contributed by atoms with Gasteiger partial charge in [-0.1, -0.05) is 344 Å². The molecule has 19 heteroatoms. The first kappa shape index (κ1) is 95.1. The van der Waals surface area contributed by atoms with E-state index in [1.54, 1.807) is 0 Å². The molecule has 0 bridgehead atoms. The van der Waals surface area contributed by atoms with Gasteiger partial charge >= 0.3 is 39.5 Å². The number of aliphatic hydroxyl groups is 1. The van der Waals surface area contributed by atoms with Gasteiger partial charge in [0.05, 0.1) is 26.4 Å². The number of aliphatic hydroxyl groups excluding tert-OH is 1. The first-order chi connectivity index (χ1) is 46.7. The van der Waals surface area contributed by atoms with E-state index in [0.717, 1.165) is 120 Å². The average molecular weight is 1420 g/mol. The van der Waals surface area contributed by atoms with Crippen molar-refractivity contribution in [3.8, 4) is 0 Å². The standard InChI is InChI=1S/C78H152O17P2/c1-9-70(7)56-48-40-32-26-19-17-15-13-11-12-14-16-18-20-28-34-44-52-60-77(82)95-74(65-89-76(81)59-51-43-37-36-41-49-57-71(8)10-2)67-93-97(86,87)91-63-72(79)62-90-96(84,85)92-66-73(94-78(83)61-53-45-35-29-23-25-31-39-47-55-69(5)6)64-88-75(80)58-50-42-33-27-22-21-24-30-38-46-54-68(3)4/h68-74,79H,9-67H2,1-8H3,(H,84,85)(H,86,87)/t70?,71?,72-,73-,74-/m1/s1. The summed E-state index contributed by atoms with van der Waals surface area (Å²) in [6.07, 6.45) is 52.8. The molecule has 0 fully saturated rings. The number of carbonyl (C=O) groups excluding carboxylic acids is 4. The van der Waals surface area contributed by atoms with E-state index in [1.807, 2.05) is 0 Å². The normalized spacial score (nSPS) is 14.6. The molecule has 0 saturated heterocycles. The molecule has 0 amide bonds. The van der Waals surface area contributed by atoms with Crippen molar-refractivity contribution in [3.05, 3.63) is 0 Å². The van der Waals surface area contributed by atoms with Crippen molar-refractivity contribution >= 4 is 39.5 Å². The topological polar surface area (TPSA) is 237 Å². The quantitative estimate of drug-likeness (QED) is 0.0222. The van der Waals surface area contributed by atoms with Crippen molar-refractivity contribution in [1.29, 1.82) is 0 Å². The van der Waals surface area contributed by atoms with Crippen LogP contribution < -0.4 is 0 Å². The maximum Gasteiger partial charge on any atom is 0.472 e. The Kier molecular flexibility index (Phi) is 65.9. The largest absolute Gasteiger partial charge is 0.472 e. The van der Waals surface area contributed by atoms with Gasteiger partial charge < -0.3 is 33.8 Å². The van der Waals surface area contributed by atoms with Gasteiger partial charge in [-0.25, -0.2) is 9.13 Å². The van der Waals surface area contributed by atoms with Gasteiger partial charge in [0.15, 0.2) is 12.2 Å². The number of ether oxygens (including phenoxy) is 4. The van der Waals surface area contributed by atoms with Crippen LogP contribution in [-0.4, -0.2) is 96.7 Å². The summed E-state index contributed by atoms with van der Waals surface area (Å²) in [4.78, 5) is 72.8. The Morgan fingerprint density at radius 1 is 0.289 bits per heavy atom. The zero-order valence-electron chi connectivity index (χ0n) is 63.7. The predicted octanol–water partition coefficient (Wildman–Crippen LogP) is 22.8. The molecule has 0 spiro atoms. The minimum atomic E-state index is -4.96. The van der Waals surface area contributed by atoms with Gasteiger partial charge in [-0.05, 0) is 49.4 Å². The Labute approximate surface area is 594 Å². The highest BCUT2D eigenvalue weighted by Gasteiger charge is 2.30. The van der Waals surface area contributed by atoms with E-state index in [9.17, 15) is 43.2 Å². The van der Waals surface area contributed by atoms with Gasteiger partial charge in [0.2, 0.25) is 0 Å². The van der Waals surface area contributed by atoms with Crippen LogP contribution in [-0.2, 0) is 65.4 Å². The minimum Gasteiger partial charge on any atom is -0.462 e. The molecule has 7 atom stereocenters. The maximum atomic E-state index is 13.1. The molecule has 0 rings (SSSR count). The summed E-state index contributed by atoms with van der Waals surface area (Å²) in [6.45, 7) is 14.2. The van der Waals surface area contributed by atoms with E-state index in [0.29, 0.717) is 25.7 Å². The van der Waals surface area contributed by atoms with Crippen LogP contribution in [0.1, 0.15) is 396 Å². The molecular formula is C78H152O17P2. The molecule has 0 saturated carbocycles. The van der Waals surface area contributed by atoms with E-state index >= 15 is 0 Å². The zero-order chi connectivity index (χ0) is 71.7. The van der Waals surface area contributed by atoms with Gasteiger partial charge in [-0.3, -0.25) is 37.3 Å². The minimum absolute atomic E-state index is 0.105. The van der Waals surface area contributed by atoms with Crippen molar-refractivity contribution in [2.24, 2.45) is 23.7 Å². The molecule has 97 heavy (non-hydrogen) atoms. The van der Waals surface area contributed by atoms with Crippen LogP contribution in [0.2, 0.25) is 0 Å². The molecule has 0 aliphatic heterocycles. The third kappa shape index (κ3) is 69.5. The predicted molar refractivity (Wildman–Crippen MR) is 395 cm³/mol. The Bertz CT molecular complexity index is 1910. The molecule has 0 radical (unpaired) electrons. The number of phosphoric ester groups is 2. The summed E-state index contributed by atoms with van der Waals surface area (Å²) in [7, 11) is -9.92. The molecule has 0 aromatic rings. The number of esters is 4. The summed E-state index contributed by atoms with van der Waals surface area (Å²) in [6, 6.07) is 0. The number of hydrogen-bond donors (Lipinski definition) is 3. The van der Waals surface area contributed by atoms with Gasteiger partial charge in [-0.2, -0.15) is 0 Å². The Morgan fingerprint density at radius 2 is 0.495 bits per heavy atom. The molecule has 0 aromatic heterocycles. The second-order valence-corrected chi connectivity index (χ2v) is 32.4. The number of unbranched alkanes of at least 4 members (excludes halogenated alkanes) is 39. The van der Waals surface area contributed by atoms with Crippen LogP contribution in [0.4, 0.5) is 0 Å². The van der Waals surface area contributed by atoms with Gasteiger partial charge in [-0.15, -0.1) is 0 Å². The van der Waals surface area contributed by atoms with Crippen molar-refractivity contribution in [2.75, 3.05) is 39.6 Å². The molecule has 0 heterocycles. The number of rotatable bonds is 75. The summed E-state index contributed by atoms with van der Waals surface area (Å²) in [5.74, 6) is 0.976. The van der Waals surface area contributed by atoms with Crippen LogP contribution in [0.25, 0.3) is 0 Å². The Balaban J connectivity index is 5.18. The van der Waals surface area contributed by atoms with Gasteiger partial charge in [0.25, 0.3) is 0 Å². The van der Waals surface area contributed by atoms with E-state index < -0.39 is 97.5 Å². The summed E-state index contributed by atoms with van der Waals surface area (Å²) in [5.41, 5.74) is 0. The molecule has 576 valence electrons. The Hall–Kier alpha value is -1.94. The maximum absolute atomic E-state index is 13.1. The van der Waals surface area contributed by atoms with E-state index in [4.69, 9.17) is 37.0 Å². The lowest BCUT2D eigenvalue weighted by Gasteiger charge is -2.21. The lowest BCUT2D eigenvalue weighted by molar-refractivity contribution is -0.161.